The zero-order chi connectivity index (χ0) is 13.8. The minimum Gasteiger partial charge on any atom is -0.315 e. The van der Waals surface area contributed by atoms with Gasteiger partial charge in [-0.05, 0) is 32.2 Å². The molecule has 2 nitrogen and oxygen atoms in total. The third-order valence-electron chi connectivity index (χ3n) is 3.60. The first-order valence-electron chi connectivity index (χ1n) is 7.40. The van der Waals surface area contributed by atoms with Crippen LogP contribution in [0.25, 0.3) is 0 Å². The van der Waals surface area contributed by atoms with E-state index < -0.39 is 0 Å². The Balaban J connectivity index is 2.50. The van der Waals surface area contributed by atoms with Crippen molar-refractivity contribution in [2.75, 3.05) is 31.9 Å². The molecule has 0 bridgehead atoms. The summed E-state index contributed by atoms with van der Waals surface area (Å²) in [5, 5.41) is 3.64. The lowest BCUT2D eigenvalue weighted by Gasteiger charge is -2.43. The van der Waals surface area contributed by atoms with Crippen LogP contribution in [-0.2, 0) is 0 Å². The van der Waals surface area contributed by atoms with Crippen molar-refractivity contribution in [3.8, 4) is 0 Å². The van der Waals surface area contributed by atoms with Crippen molar-refractivity contribution < 1.29 is 0 Å². The molecule has 0 radical (unpaired) electrons. The topological polar surface area (TPSA) is 15.3 Å². The SMILES string of the molecule is CC(C)CNCC(C(C)C)N1CCSC(C)(C)C1. The van der Waals surface area contributed by atoms with Gasteiger partial charge in [-0.25, -0.2) is 0 Å². The van der Waals surface area contributed by atoms with E-state index >= 15 is 0 Å². The monoisotopic (exact) mass is 272 g/mol. The zero-order valence-corrected chi connectivity index (χ0v) is 13.9. The van der Waals surface area contributed by atoms with E-state index in [1.54, 1.807) is 0 Å². The van der Waals surface area contributed by atoms with E-state index in [-0.39, 0.29) is 0 Å². The molecule has 1 N–H and O–H groups in total. The zero-order valence-electron chi connectivity index (χ0n) is 13.1. The first-order chi connectivity index (χ1) is 8.32. The van der Waals surface area contributed by atoms with Crippen LogP contribution in [0.1, 0.15) is 41.5 Å². The van der Waals surface area contributed by atoms with Gasteiger partial charge in [0.15, 0.2) is 0 Å². The lowest BCUT2D eigenvalue weighted by molar-refractivity contribution is 0.144. The van der Waals surface area contributed by atoms with Gasteiger partial charge >= 0.3 is 0 Å². The predicted octanol–water partition coefficient (Wildman–Crippen LogP) is 3.08. The van der Waals surface area contributed by atoms with Crippen molar-refractivity contribution in [2.24, 2.45) is 11.8 Å². The summed E-state index contributed by atoms with van der Waals surface area (Å²) in [5.74, 6) is 2.75. The highest BCUT2D eigenvalue weighted by Gasteiger charge is 2.32. The van der Waals surface area contributed by atoms with Gasteiger partial charge in [-0.15, -0.1) is 0 Å². The van der Waals surface area contributed by atoms with E-state index in [1.165, 1.54) is 18.8 Å². The molecule has 1 fully saturated rings. The third kappa shape index (κ3) is 5.50. The van der Waals surface area contributed by atoms with Crippen molar-refractivity contribution in [2.45, 2.75) is 52.3 Å². The molecule has 0 aromatic carbocycles. The summed E-state index contributed by atoms with van der Waals surface area (Å²) in [6.45, 7) is 18.8. The van der Waals surface area contributed by atoms with Gasteiger partial charge in [-0.3, -0.25) is 4.90 Å². The van der Waals surface area contributed by atoms with Crippen LogP contribution in [-0.4, -0.2) is 47.6 Å². The second-order valence-electron chi connectivity index (χ2n) is 6.94. The van der Waals surface area contributed by atoms with Crippen molar-refractivity contribution in [1.29, 1.82) is 0 Å². The number of hydrogen-bond acceptors (Lipinski definition) is 3. The van der Waals surface area contributed by atoms with Gasteiger partial charge < -0.3 is 5.32 Å². The maximum Gasteiger partial charge on any atom is 0.0244 e. The standard InChI is InChI=1S/C15H32N2S/c1-12(2)9-16-10-14(13(3)4)17-7-8-18-15(5,6)11-17/h12-14,16H,7-11H2,1-6H3. The first kappa shape index (κ1) is 16.3. The van der Waals surface area contributed by atoms with Gasteiger partial charge in [-0.1, -0.05) is 27.7 Å². The Morgan fingerprint density at radius 3 is 2.33 bits per heavy atom. The quantitative estimate of drug-likeness (QED) is 0.800. The molecule has 1 aliphatic heterocycles. The molecular formula is C15H32N2S. The summed E-state index contributed by atoms with van der Waals surface area (Å²) in [7, 11) is 0. The molecule has 3 heteroatoms. The lowest BCUT2D eigenvalue weighted by atomic mass is 10.00. The summed E-state index contributed by atoms with van der Waals surface area (Å²) < 4.78 is 0.420. The van der Waals surface area contributed by atoms with Crippen LogP contribution in [0.3, 0.4) is 0 Å². The largest absolute Gasteiger partial charge is 0.315 e. The Hall–Kier alpha value is 0.270. The molecule has 108 valence electrons. The molecule has 0 aromatic heterocycles. The Morgan fingerprint density at radius 1 is 1.17 bits per heavy atom. The highest BCUT2D eigenvalue weighted by atomic mass is 32.2. The van der Waals surface area contributed by atoms with Crippen LogP contribution in [0.2, 0.25) is 0 Å². The van der Waals surface area contributed by atoms with Gasteiger partial charge in [0.05, 0.1) is 0 Å². The Kier molecular flexibility index (Phi) is 6.49. The van der Waals surface area contributed by atoms with Gasteiger partial charge in [0.1, 0.15) is 0 Å². The van der Waals surface area contributed by atoms with Crippen molar-refractivity contribution in [1.82, 2.24) is 10.2 Å². The van der Waals surface area contributed by atoms with Crippen molar-refractivity contribution in [3.63, 3.8) is 0 Å². The fourth-order valence-electron chi connectivity index (χ4n) is 2.64. The number of rotatable bonds is 6. The van der Waals surface area contributed by atoms with Gasteiger partial charge in [0.2, 0.25) is 0 Å². The molecule has 0 aliphatic carbocycles. The summed E-state index contributed by atoms with van der Waals surface area (Å²) in [6, 6.07) is 0.684. The molecule has 0 saturated carbocycles. The van der Waals surface area contributed by atoms with E-state index in [0.717, 1.165) is 24.9 Å². The van der Waals surface area contributed by atoms with Crippen LogP contribution in [0, 0.1) is 11.8 Å². The number of hydrogen-bond donors (Lipinski definition) is 1. The molecular weight excluding hydrogens is 240 g/mol. The molecule has 0 amide bonds. The van der Waals surface area contributed by atoms with Crippen LogP contribution >= 0.6 is 11.8 Å². The minimum atomic E-state index is 0.420. The Morgan fingerprint density at radius 2 is 1.83 bits per heavy atom. The second kappa shape index (κ2) is 7.16. The maximum absolute atomic E-state index is 3.64. The number of thioether (sulfide) groups is 1. The summed E-state index contributed by atoms with van der Waals surface area (Å²) in [6.07, 6.45) is 0. The molecule has 1 rings (SSSR count). The van der Waals surface area contributed by atoms with E-state index in [0.29, 0.717) is 10.8 Å². The van der Waals surface area contributed by atoms with E-state index in [2.05, 4.69) is 63.5 Å². The highest BCUT2D eigenvalue weighted by molar-refractivity contribution is 8.00. The Labute approximate surface area is 118 Å². The summed E-state index contributed by atoms with van der Waals surface area (Å²) in [5.41, 5.74) is 0. The molecule has 1 unspecified atom stereocenters. The van der Waals surface area contributed by atoms with Crippen LogP contribution in [0.4, 0.5) is 0 Å². The number of nitrogens with zero attached hydrogens (tertiary/aromatic N) is 1. The average molecular weight is 273 g/mol. The highest BCUT2D eigenvalue weighted by Crippen LogP contribution is 2.31. The van der Waals surface area contributed by atoms with Crippen LogP contribution in [0.5, 0.6) is 0 Å². The van der Waals surface area contributed by atoms with Gasteiger partial charge in [0.25, 0.3) is 0 Å². The molecule has 1 saturated heterocycles. The normalized spacial score (nSPS) is 22.7. The smallest absolute Gasteiger partial charge is 0.0244 e. The van der Waals surface area contributed by atoms with Crippen molar-refractivity contribution >= 4 is 11.8 Å². The number of nitrogens with one attached hydrogen (secondary N) is 1. The molecule has 1 heterocycles. The average Bonchev–Trinajstić information content (AvgIpc) is 2.21. The first-order valence-corrected chi connectivity index (χ1v) is 8.39. The minimum absolute atomic E-state index is 0.420. The molecule has 0 aromatic rings. The maximum atomic E-state index is 3.64. The summed E-state index contributed by atoms with van der Waals surface area (Å²) >= 11 is 2.12. The lowest BCUT2D eigenvalue weighted by Crippen LogP contribution is -2.53. The van der Waals surface area contributed by atoms with Gasteiger partial charge in [0, 0.05) is 36.2 Å². The van der Waals surface area contributed by atoms with E-state index in [9.17, 15) is 0 Å². The van der Waals surface area contributed by atoms with E-state index in [4.69, 9.17) is 0 Å². The van der Waals surface area contributed by atoms with E-state index in [1.807, 2.05) is 0 Å². The van der Waals surface area contributed by atoms with Crippen LogP contribution < -0.4 is 5.32 Å². The van der Waals surface area contributed by atoms with Crippen LogP contribution in [0.15, 0.2) is 0 Å². The van der Waals surface area contributed by atoms with Gasteiger partial charge in [-0.2, -0.15) is 11.8 Å². The fraction of sp³-hybridized carbons (Fsp3) is 1.00. The molecule has 1 atom stereocenters. The molecule has 0 spiro atoms. The predicted molar refractivity (Wildman–Crippen MR) is 84.4 cm³/mol. The fourth-order valence-corrected chi connectivity index (χ4v) is 3.78. The molecule has 1 aliphatic rings. The third-order valence-corrected chi connectivity index (χ3v) is 4.90. The molecule has 18 heavy (non-hydrogen) atoms. The Bertz CT molecular complexity index is 239. The second-order valence-corrected chi connectivity index (χ2v) is 8.74. The van der Waals surface area contributed by atoms with Crippen molar-refractivity contribution in [3.05, 3.63) is 0 Å². The summed E-state index contributed by atoms with van der Waals surface area (Å²) in [4.78, 5) is 2.70.